The van der Waals surface area contributed by atoms with Gasteiger partial charge in [0.1, 0.15) is 0 Å². The van der Waals surface area contributed by atoms with Gasteiger partial charge in [-0.2, -0.15) is 0 Å². The number of hydrogen-bond donors (Lipinski definition) is 0. The predicted molar refractivity (Wildman–Crippen MR) is 129 cm³/mol. The number of carbonyl (C=O) groups excluding carboxylic acids is 1. The van der Waals surface area contributed by atoms with E-state index in [9.17, 15) is 9.59 Å². The standard InChI is InChI=1S/C24H33N5O2S/c1-5-6-9-12-28-22(31)19-10-7-8-11-20(19)29-23(28)25-26-24(29)32-18(4)21(30)27-14-16(2)13-17(3)15-27/h7-8,10-11,16-18H,5-6,9,12-15H2,1-4H3. The van der Waals surface area contributed by atoms with Crippen molar-refractivity contribution in [3.8, 4) is 0 Å². The maximum atomic E-state index is 13.2. The van der Waals surface area contributed by atoms with E-state index < -0.39 is 0 Å². The number of hydrogen-bond acceptors (Lipinski definition) is 5. The second-order valence-electron chi connectivity index (χ2n) is 9.25. The van der Waals surface area contributed by atoms with Gasteiger partial charge < -0.3 is 4.90 Å². The van der Waals surface area contributed by atoms with Gasteiger partial charge in [0.15, 0.2) is 5.16 Å². The Morgan fingerprint density at radius 1 is 1.16 bits per heavy atom. The highest BCUT2D eigenvalue weighted by atomic mass is 32.2. The van der Waals surface area contributed by atoms with Gasteiger partial charge in [-0.25, -0.2) is 0 Å². The van der Waals surface area contributed by atoms with Crippen molar-refractivity contribution in [2.24, 2.45) is 11.8 Å². The number of carbonyl (C=O) groups is 1. The molecule has 0 saturated carbocycles. The summed E-state index contributed by atoms with van der Waals surface area (Å²) in [6.45, 7) is 10.8. The molecular formula is C24H33N5O2S. The van der Waals surface area contributed by atoms with Crippen molar-refractivity contribution >= 4 is 34.3 Å². The molecule has 1 fully saturated rings. The van der Waals surface area contributed by atoms with Crippen LogP contribution in [0.4, 0.5) is 0 Å². The Bertz CT molecular complexity index is 1160. The minimum Gasteiger partial charge on any atom is -0.341 e. The summed E-state index contributed by atoms with van der Waals surface area (Å²) in [7, 11) is 0. The molecule has 3 heterocycles. The highest BCUT2D eigenvalue weighted by Crippen LogP contribution is 2.28. The van der Waals surface area contributed by atoms with Crippen molar-refractivity contribution < 1.29 is 4.79 Å². The number of aromatic nitrogens is 4. The van der Waals surface area contributed by atoms with Crippen molar-refractivity contribution in [3.63, 3.8) is 0 Å². The Labute approximate surface area is 193 Å². The van der Waals surface area contributed by atoms with Crippen molar-refractivity contribution in [2.75, 3.05) is 13.1 Å². The summed E-state index contributed by atoms with van der Waals surface area (Å²) >= 11 is 1.42. The van der Waals surface area contributed by atoms with E-state index in [1.54, 1.807) is 4.57 Å². The molecule has 3 unspecified atom stereocenters. The molecule has 8 heteroatoms. The van der Waals surface area contributed by atoms with Crippen LogP contribution in [0.2, 0.25) is 0 Å². The minimum atomic E-state index is -0.279. The summed E-state index contributed by atoms with van der Waals surface area (Å²) in [4.78, 5) is 28.4. The number of likely N-dealkylation sites (tertiary alicyclic amines) is 1. The summed E-state index contributed by atoms with van der Waals surface area (Å²) in [5, 5.41) is 9.83. The number of unbranched alkanes of at least 4 members (excludes halogenated alkanes) is 2. The van der Waals surface area contributed by atoms with Gasteiger partial charge in [0.05, 0.1) is 16.2 Å². The molecule has 32 heavy (non-hydrogen) atoms. The molecular weight excluding hydrogens is 422 g/mol. The molecule has 7 nitrogen and oxygen atoms in total. The van der Waals surface area contributed by atoms with Gasteiger partial charge >= 0.3 is 0 Å². The molecule has 0 spiro atoms. The van der Waals surface area contributed by atoms with E-state index in [0.717, 1.165) is 37.9 Å². The zero-order valence-electron chi connectivity index (χ0n) is 19.5. The average molecular weight is 456 g/mol. The van der Waals surface area contributed by atoms with E-state index in [4.69, 9.17) is 0 Å². The number of amides is 1. The largest absolute Gasteiger partial charge is 0.341 e. The molecule has 3 atom stereocenters. The smallest absolute Gasteiger partial charge is 0.262 e. The lowest BCUT2D eigenvalue weighted by Gasteiger charge is -2.36. The van der Waals surface area contributed by atoms with Gasteiger partial charge in [0.2, 0.25) is 11.7 Å². The molecule has 3 aromatic rings. The normalized spacial score (nSPS) is 20.2. The Kier molecular flexibility index (Phi) is 6.88. The van der Waals surface area contributed by atoms with Crippen LogP contribution in [0.25, 0.3) is 16.7 Å². The highest BCUT2D eigenvalue weighted by molar-refractivity contribution is 8.00. The van der Waals surface area contributed by atoms with Crippen LogP contribution in [0, 0.1) is 11.8 Å². The molecule has 1 saturated heterocycles. The summed E-state index contributed by atoms with van der Waals surface area (Å²) in [5.74, 6) is 1.74. The molecule has 0 radical (unpaired) electrons. The third kappa shape index (κ3) is 4.42. The van der Waals surface area contributed by atoms with Gasteiger partial charge in [-0.3, -0.25) is 18.6 Å². The van der Waals surface area contributed by atoms with Crippen molar-refractivity contribution in [3.05, 3.63) is 34.6 Å². The summed E-state index contributed by atoms with van der Waals surface area (Å²) < 4.78 is 3.67. The Hall–Kier alpha value is -2.35. The molecule has 172 valence electrons. The van der Waals surface area contributed by atoms with Crippen molar-refractivity contribution in [1.29, 1.82) is 0 Å². The Balaban J connectivity index is 1.69. The number of para-hydroxylation sites is 1. The van der Waals surface area contributed by atoms with E-state index in [2.05, 4.69) is 31.0 Å². The van der Waals surface area contributed by atoms with Gasteiger partial charge in [-0.05, 0) is 43.7 Å². The number of piperidine rings is 1. The minimum absolute atomic E-state index is 0.0337. The zero-order chi connectivity index (χ0) is 22.8. The molecule has 0 bridgehead atoms. The van der Waals surface area contributed by atoms with Crippen molar-refractivity contribution in [1.82, 2.24) is 24.1 Å². The first-order chi connectivity index (χ1) is 15.4. The first kappa shape index (κ1) is 22.8. The van der Waals surface area contributed by atoms with E-state index in [1.165, 1.54) is 18.2 Å². The van der Waals surface area contributed by atoms with Gasteiger partial charge in [-0.1, -0.05) is 57.5 Å². The second kappa shape index (κ2) is 9.65. The highest BCUT2D eigenvalue weighted by Gasteiger charge is 2.30. The molecule has 1 aromatic carbocycles. The van der Waals surface area contributed by atoms with Crippen LogP contribution in [0.15, 0.2) is 34.2 Å². The van der Waals surface area contributed by atoms with Crippen LogP contribution >= 0.6 is 11.8 Å². The number of thioether (sulfide) groups is 1. The lowest BCUT2D eigenvalue weighted by molar-refractivity contribution is -0.132. The lowest BCUT2D eigenvalue weighted by Crippen LogP contribution is -2.45. The van der Waals surface area contributed by atoms with Gasteiger partial charge in [0.25, 0.3) is 5.56 Å². The van der Waals surface area contributed by atoms with Gasteiger partial charge in [-0.15, -0.1) is 10.2 Å². The summed E-state index contributed by atoms with van der Waals surface area (Å²) in [5.41, 5.74) is 0.750. The molecule has 0 aliphatic carbocycles. The first-order valence-corrected chi connectivity index (χ1v) is 12.6. The average Bonchev–Trinajstić information content (AvgIpc) is 3.18. The van der Waals surface area contributed by atoms with E-state index in [0.29, 0.717) is 34.7 Å². The number of nitrogens with zero attached hydrogens (tertiary/aromatic N) is 5. The Morgan fingerprint density at radius 2 is 1.88 bits per heavy atom. The number of fused-ring (bicyclic) bond motifs is 3. The number of rotatable bonds is 7. The molecule has 1 aliphatic heterocycles. The fourth-order valence-corrected chi connectivity index (χ4v) is 5.78. The third-order valence-electron chi connectivity index (χ3n) is 6.27. The summed E-state index contributed by atoms with van der Waals surface area (Å²) in [6.07, 6.45) is 4.22. The maximum absolute atomic E-state index is 13.2. The fraction of sp³-hybridized carbons (Fsp3) is 0.583. The van der Waals surface area contributed by atoms with Crippen LogP contribution in [0.5, 0.6) is 0 Å². The van der Waals surface area contributed by atoms with Crippen LogP contribution in [0.1, 0.15) is 53.4 Å². The first-order valence-electron chi connectivity index (χ1n) is 11.7. The van der Waals surface area contributed by atoms with Crippen LogP contribution in [-0.4, -0.2) is 48.3 Å². The van der Waals surface area contributed by atoms with Crippen LogP contribution < -0.4 is 5.56 Å². The molecule has 0 N–H and O–H groups in total. The van der Waals surface area contributed by atoms with E-state index in [1.807, 2.05) is 40.5 Å². The molecule has 2 aromatic heterocycles. The summed E-state index contributed by atoms with van der Waals surface area (Å²) in [6, 6.07) is 7.58. The van der Waals surface area contributed by atoms with Gasteiger partial charge in [0, 0.05) is 19.6 Å². The maximum Gasteiger partial charge on any atom is 0.262 e. The van der Waals surface area contributed by atoms with E-state index in [-0.39, 0.29) is 16.7 Å². The molecule has 4 rings (SSSR count). The monoisotopic (exact) mass is 455 g/mol. The van der Waals surface area contributed by atoms with Crippen molar-refractivity contribution in [2.45, 2.75) is 70.3 Å². The molecule has 1 aliphatic rings. The zero-order valence-corrected chi connectivity index (χ0v) is 20.3. The lowest BCUT2D eigenvalue weighted by atomic mass is 9.92. The Morgan fingerprint density at radius 3 is 2.59 bits per heavy atom. The predicted octanol–water partition coefficient (Wildman–Crippen LogP) is 4.22. The topological polar surface area (TPSA) is 72.5 Å². The number of aryl methyl sites for hydroxylation is 1. The van der Waals surface area contributed by atoms with E-state index >= 15 is 0 Å². The SMILES string of the molecule is CCCCCn1c(=O)c2ccccc2n2c(SC(C)C(=O)N3CC(C)CC(C)C3)nnc12. The molecule has 1 amide bonds. The van der Waals surface area contributed by atoms with Crippen LogP contribution in [0.3, 0.4) is 0 Å². The fourth-order valence-electron chi connectivity index (χ4n) is 4.84. The quantitative estimate of drug-likeness (QED) is 0.394. The number of benzene rings is 1. The second-order valence-corrected chi connectivity index (χ2v) is 10.6. The third-order valence-corrected chi connectivity index (χ3v) is 7.30. The van der Waals surface area contributed by atoms with Crippen LogP contribution in [-0.2, 0) is 11.3 Å².